The van der Waals surface area contributed by atoms with Crippen molar-refractivity contribution in [2.24, 2.45) is 11.5 Å². The van der Waals surface area contributed by atoms with Crippen LogP contribution < -0.4 is 11.5 Å². The van der Waals surface area contributed by atoms with Gasteiger partial charge in [-0.15, -0.1) is 11.3 Å². The summed E-state index contributed by atoms with van der Waals surface area (Å²) in [6, 6.07) is 4.42. The van der Waals surface area contributed by atoms with Gasteiger partial charge in [-0.25, -0.2) is 0 Å². The van der Waals surface area contributed by atoms with Crippen LogP contribution in [0, 0.1) is 0 Å². The molecule has 1 heterocycles. The molecule has 0 aliphatic heterocycles. The zero-order chi connectivity index (χ0) is 10.4. The van der Waals surface area contributed by atoms with E-state index in [0.717, 1.165) is 6.42 Å². The van der Waals surface area contributed by atoms with Crippen molar-refractivity contribution in [2.75, 3.05) is 6.54 Å². The van der Waals surface area contributed by atoms with Crippen molar-refractivity contribution in [2.45, 2.75) is 38.1 Å². The molecule has 1 aromatic heterocycles. The minimum absolute atomic E-state index is 0.221. The van der Waals surface area contributed by atoms with E-state index in [2.05, 4.69) is 24.4 Å². The molecule has 0 saturated carbocycles. The Morgan fingerprint density at radius 3 is 2.79 bits per heavy atom. The summed E-state index contributed by atoms with van der Waals surface area (Å²) in [6.45, 7) is 2.85. The summed E-state index contributed by atoms with van der Waals surface area (Å²) < 4.78 is 0. The summed E-state index contributed by atoms with van der Waals surface area (Å²) in [4.78, 5) is 1.33. The summed E-state index contributed by atoms with van der Waals surface area (Å²) in [5.74, 6) is 0.349. The van der Waals surface area contributed by atoms with Gasteiger partial charge >= 0.3 is 0 Å². The number of nitrogens with two attached hydrogens (primary N) is 2. The summed E-state index contributed by atoms with van der Waals surface area (Å²) in [6.07, 6.45) is 3.48. The zero-order valence-corrected chi connectivity index (χ0v) is 9.59. The van der Waals surface area contributed by atoms with Crippen molar-refractivity contribution >= 4 is 11.3 Å². The van der Waals surface area contributed by atoms with Crippen LogP contribution in [0.4, 0.5) is 0 Å². The minimum Gasteiger partial charge on any atom is -0.330 e. The average molecular weight is 212 g/mol. The predicted molar refractivity (Wildman–Crippen MR) is 63.6 cm³/mol. The van der Waals surface area contributed by atoms with Gasteiger partial charge in [0.25, 0.3) is 0 Å². The third-order valence-corrected chi connectivity index (χ3v) is 3.57. The fourth-order valence-electron chi connectivity index (χ4n) is 1.65. The monoisotopic (exact) mass is 212 g/mol. The second-order valence-corrected chi connectivity index (χ2v) is 4.64. The molecule has 0 bridgehead atoms. The number of thiophene rings is 1. The second kappa shape index (κ2) is 6.17. The number of hydrogen-bond acceptors (Lipinski definition) is 3. The molecule has 0 aliphatic carbocycles. The zero-order valence-electron chi connectivity index (χ0n) is 8.78. The van der Waals surface area contributed by atoms with Crippen LogP contribution in [-0.4, -0.2) is 12.6 Å². The highest BCUT2D eigenvalue weighted by molar-refractivity contribution is 7.10. The highest BCUT2D eigenvalue weighted by atomic mass is 32.1. The maximum atomic E-state index is 6.13. The Labute approximate surface area is 90.3 Å². The minimum atomic E-state index is 0.221. The summed E-state index contributed by atoms with van der Waals surface area (Å²) in [5.41, 5.74) is 11.9. The van der Waals surface area contributed by atoms with E-state index in [1.54, 1.807) is 11.3 Å². The van der Waals surface area contributed by atoms with Crippen LogP contribution in [-0.2, 0) is 0 Å². The molecular weight excluding hydrogens is 192 g/mol. The van der Waals surface area contributed by atoms with Crippen molar-refractivity contribution in [3.8, 4) is 0 Å². The summed E-state index contributed by atoms with van der Waals surface area (Å²) in [5, 5.41) is 2.09. The van der Waals surface area contributed by atoms with Crippen LogP contribution in [0.25, 0.3) is 0 Å². The number of unbranched alkanes of at least 4 members (excludes halogenated alkanes) is 1. The highest BCUT2D eigenvalue weighted by Gasteiger charge is 2.18. The molecule has 0 aliphatic rings. The SMILES string of the molecule is CCCCC(N)C(CN)c1cccs1. The van der Waals surface area contributed by atoms with E-state index >= 15 is 0 Å². The molecule has 0 fully saturated rings. The first-order valence-corrected chi connectivity index (χ1v) is 6.16. The first-order chi connectivity index (χ1) is 6.79. The standard InChI is InChI=1S/C11H20N2S/c1-2-3-5-10(13)9(8-12)11-6-4-7-14-11/h4,6-7,9-10H,2-3,5,8,12-13H2,1H3. The third-order valence-electron chi connectivity index (χ3n) is 2.57. The van der Waals surface area contributed by atoms with Crippen LogP contribution in [0.1, 0.15) is 37.0 Å². The van der Waals surface area contributed by atoms with E-state index in [1.165, 1.54) is 17.7 Å². The lowest BCUT2D eigenvalue weighted by atomic mass is 9.94. The summed E-state index contributed by atoms with van der Waals surface area (Å²) in [7, 11) is 0. The largest absolute Gasteiger partial charge is 0.330 e. The van der Waals surface area contributed by atoms with Crippen molar-refractivity contribution in [3.63, 3.8) is 0 Å². The van der Waals surface area contributed by atoms with E-state index in [1.807, 2.05) is 0 Å². The third kappa shape index (κ3) is 3.08. The first-order valence-electron chi connectivity index (χ1n) is 5.28. The molecule has 0 amide bonds. The number of hydrogen-bond donors (Lipinski definition) is 2. The molecular formula is C11H20N2S. The molecule has 0 aromatic carbocycles. The fourth-order valence-corrected chi connectivity index (χ4v) is 2.56. The molecule has 0 saturated heterocycles. The smallest absolute Gasteiger partial charge is 0.0207 e. The van der Waals surface area contributed by atoms with Crippen LogP contribution in [0.3, 0.4) is 0 Å². The Morgan fingerprint density at radius 1 is 1.50 bits per heavy atom. The van der Waals surface area contributed by atoms with Crippen molar-refractivity contribution in [1.29, 1.82) is 0 Å². The number of rotatable bonds is 6. The van der Waals surface area contributed by atoms with Gasteiger partial charge in [-0.2, -0.15) is 0 Å². The molecule has 3 heteroatoms. The van der Waals surface area contributed by atoms with E-state index in [4.69, 9.17) is 11.5 Å². The van der Waals surface area contributed by atoms with Crippen molar-refractivity contribution < 1.29 is 0 Å². The van der Waals surface area contributed by atoms with Crippen LogP contribution in [0.5, 0.6) is 0 Å². The molecule has 4 N–H and O–H groups in total. The Kier molecular flexibility index (Phi) is 5.15. The Bertz CT molecular complexity index is 233. The lowest BCUT2D eigenvalue weighted by Gasteiger charge is -2.21. The predicted octanol–water partition coefficient (Wildman–Crippen LogP) is 2.31. The Balaban J connectivity index is 2.53. The van der Waals surface area contributed by atoms with Crippen LogP contribution in [0.2, 0.25) is 0 Å². The molecule has 2 nitrogen and oxygen atoms in total. The molecule has 0 radical (unpaired) electrons. The molecule has 2 unspecified atom stereocenters. The van der Waals surface area contributed by atoms with E-state index in [-0.39, 0.29) is 6.04 Å². The molecule has 14 heavy (non-hydrogen) atoms. The maximum Gasteiger partial charge on any atom is 0.0207 e. The van der Waals surface area contributed by atoms with Crippen LogP contribution in [0.15, 0.2) is 17.5 Å². The van der Waals surface area contributed by atoms with Gasteiger partial charge in [0.2, 0.25) is 0 Å². The first kappa shape index (κ1) is 11.7. The van der Waals surface area contributed by atoms with E-state index in [0.29, 0.717) is 12.5 Å². The van der Waals surface area contributed by atoms with E-state index in [9.17, 15) is 0 Å². The molecule has 80 valence electrons. The topological polar surface area (TPSA) is 52.0 Å². The highest BCUT2D eigenvalue weighted by Crippen LogP contribution is 2.24. The maximum absolute atomic E-state index is 6.13. The lowest BCUT2D eigenvalue weighted by Crippen LogP contribution is -2.32. The van der Waals surface area contributed by atoms with Gasteiger partial charge in [0.05, 0.1) is 0 Å². The van der Waals surface area contributed by atoms with Crippen molar-refractivity contribution in [3.05, 3.63) is 22.4 Å². The molecule has 1 rings (SSSR count). The lowest BCUT2D eigenvalue weighted by molar-refractivity contribution is 0.492. The van der Waals surface area contributed by atoms with Gasteiger partial charge in [0, 0.05) is 23.4 Å². The average Bonchev–Trinajstić information content (AvgIpc) is 2.69. The van der Waals surface area contributed by atoms with Gasteiger partial charge < -0.3 is 11.5 Å². The van der Waals surface area contributed by atoms with E-state index < -0.39 is 0 Å². The molecule has 0 spiro atoms. The second-order valence-electron chi connectivity index (χ2n) is 3.66. The van der Waals surface area contributed by atoms with Gasteiger partial charge in [-0.05, 0) is 17.9 Å². The quantitative estimate of drug-likeness (QED) is 0.760. The van der Waals surface area contributed by atoms with Gasteiger partial charge in [0.15, 0.2) is 0 Å². The molecule has 2 atom stereocenters. The van der Waals surface area contributed by atoms with Gasteiger partial charge in [0.1, 0.15) is 0 Å². The van der Waals surface area contributed by atoms with Crippen LogP contribution >= 0.6 is 11.3 Å². The Morgan fingerprint density at radius 2 is 2.29 bits per heavy atom. The van der Waals surface area contributed by atoms with Gasteiger partial charge in [-0.3, -0.25) is 0 Å². The van der Waals surface area contributed by atoms with Crippen molar-refractivity contribution in [1.82, 2.24) is 0 Å². The Hall–Kier alpha value is -0.380. The van der Waals surface area contributed by atoms with Gasteiger partial charge in [-0.1, -0.05) is 25.8 Å². The summed E-state index contributed by atoms with van der Waals surface area (Å²) >= 11 is 1.76. The molecule has 1 aromatic rings. The normalized spacial score (nSPS) is 15.4. The fraction of sp³-hybridized carbons (Fsp3) is 0.636.